The van der Waals surface area contributed by atoms with Crippen LogP contribution in [0.5, 0.6) is 0 Å². The molecule has 0 saturated heterocycles. The first-order valence-electron chi connectivity index (χ1n) is 11.4. The third kappa shape index (κ3) is 6.79. The van der Waals surface area contributed by atoms with E-state index < -0.39 is 16.1 Å². The Hall–Kier alpha value is -4.05. The van der Waals surface area contributed by atoms with Crippen LogP contribution in [-0.4, -0.2) is 25.4 Å². The highest BCUT2D eigenvalue weighted by atomic mass is 32.2. The summed E-state index contributed by atoms with van der Waals surface area (Å²) in [5.41, 5.74) is 9.91. The van der Waals surface area contributed by atoms with Crippen molar-refractivity contribution in [3.63, 3.8) is 0 Å². The second-order valence-corrected chi connectivity index (χ2v) is 10.4. The van der Waals surface area contributed by atoms with Crippen LogP contribution < -0.4 is 21.5 Å². The van der Waals surface area contributed by atoms with Gasteiger partial charge >= 0.3 is 0 Å². The molecule has 0 aromatic heterocycles. The first-order chi connectivity index (χ1) is 17.7. The van der Waals surface area contributed by atoms with Crippen molar-refractivity contribution >= 4 is 44.5 Å². The van der Waals surface area contributed by atoms with E-state index in [1.54, 1.807) is 42.5 Å². The van der Waals surface area contributed by atoms with Crippen molar-refractivity contribution in [3.8, 4) is 11.1 Å². The van der Waals surface area contributed by atoms with E-state index in [0.29, 0.717) is 28.8 Å². The number of nitrogens with one attached hydrogen (secondary N) is 2. The molecule has 0 spiro atoms. The molecule has 1 unspecified atom stereocenters. The Bertz CT molecular complexity index is 1520. The molecule has 188 valence electrons. The molecule has 1 atom stereocenters. The van der Waals surface area contributed by atoms with Crippen molar-refractivity contribution in [2.24, 2.45) is 10.9 Å². The van der Waals surface area contributed by atoms with Crippen molar-refractivity contribution in [2.45, 2.75) is 17.4 Å². The highest BCUT2D eigenvalue weighted by Crippen LogP contribution is 2.27. The summed E-state index contributed by atoms with van der Waals surface area (Å²) in [4.78, 5) is 13.7. The minimum absolute atomic E-state index is 0.0399. The minimum atomic E-state index is -3.88. The van der Waals surface area contributed by atoms with Gasteiger partial charge in [-0.25, -0.2) is 13.6 Å². The predicted octanol–water partition coefficient (Wildman–Crippen LogP) is 4.30. The lowest BCUT2D eigenvalue weighted by Gasteiger charge is -2.20. The van der Waals surface area contributed by atoms with E-state index in [1.165, 1.54) is 6.07 Å². The minimum Gasteiger partial charge on any atom is -0.389 e. The zero-order chi connectivity index (χ0) is 26.4. The van der Waals surface area contributed by atoms with Crippen molar-refractivity contribution in [1.82, 2.24) is 0 Å². The van der Waals surface area contributed by atoms with Crippen LogP contribution in [0.1, 0.15) is 11.1 Å². The number of hydrogen-bond acceptors (Lipinski definition) is 5. The Kier molecular flexibility index (Phi) is 7.98. The van der Waals surface area contributed by atoms with Gasteiger partial charge in [0.2, 0.25) is 15.9 Å². The van der Waals surface area contributed by atoms with Crippen molar-refractivity contribution < 1.29 is 13.2 Å². The summed E-state index contributed by atoms with van der Waals surface area (Å²) in [5.74, 6) is -0.234. The number of anilines is 2. The van der Waals surface area contributed by atoms with Crippen LogP contribution in [-0.2, 0) is 21.2 Å². The zero-order valence-corrected chi connectivity index (χ0v) is 21.4. The van der Waals surface area contributed by atoms with Gasteiger partial charge in [-0.1, -0.05) is 85.0 Å². The van der Waals surface area contributed by atoms with Gasteiger partial charge in [0, 0.05) is 28.9 Å². The molecule has 0 bridgehead atoms. The number of thiocarbonyl (C=S) groups is 1. The second kappa shape index (κ2) is 11.3. The van der Waals surface area contributed by atoms with Gasteiger partial charge < -0.3 is 16.4 Å². The SMILES string of the molecule is NC(=S)c1cccc(NC(Cc2ccccc2)C(=O)Nc2ccc(-c3ccccc3S(N)(=O)=O)cc2)c1. The van der Waals surface area contributed by atoms with Gasteiger partial charge in [-0.15, -0.1) is 0 Å². The first-order valence-corrected chi connectivity index (χ1v) is 13.4. The average Bonchev–Trinajstić information content (AvgIpc) is 2.89. The fourth-order valence-electron chi connectivity index (χ4n) is 3.94. The predicted molar refractivity (Wildman–Crippen MR) is 152 cm³/mol. The van der Waals surface area contributed by atoms with Crippen LogP contribution in [0, 0.1) is 0 Å². The molecule has 0 aliphatic rings. The maximum Gasteiger partial charge on any atom is 0.247 e. The lowest BCUT2D eigenvalue weighted by molar-refractivity contribution is -0.116. The monoisotopic (exact) mass is 530 g/mol. The van der Waals surface area contributed by atoms with E-state index in [-0.39, 0.29) is 15.8 Å². The van der Waals surface area contributed by atoms with Crippen LogP contribution in [0.25, 0.3) is 11.1 Å². The molecule has 7 nitrogen and oxygen atoms in total. The Morgan fingerprint density at radius 2 is 1.51 bits per heavy atom. The third-order valence-corrected chi connectivity index (χ3v) is 6.95. The molecule has 6 N–H and O–H groups in total. The molecule has 0 saturated carbocycles. The standard InChI is InChI=1S/C28H26N4O3S2/c29-27(36)21-9-6-10-23(18-21)31-25(17-19-7-2-1-3-8-19)28(33)32-22-15-13-20(14-16-22)24-11-4-5-12-26(24)37(30,34)35/h1-16,18,25,31H,17H2,(H2,29,36)(H,32,33)(H2,30,34,35). The summed E-state index contributed by atoms with van der Waals surface area (Å²) < 4.78 is 23.9. The molecule has 37 heavy (non-hydrogen) atoms. The normalized spacial score (nSPS) is 11.9. The summed E-state index contributed by atoms with van der Waals surface area (Å²) in [7, 11) is -3.88. The fraction of sp³-hybridized carbons (Fsp3) is 0.0714. The zero-order valence-electron chi connectivity index (χ0n) is 19.8. The molecule has 9 heteroatoms. The smallest absolute Gasteiger partial charge is 0.247 e. The van der Waals surface area contributed by atoms with Gasteiger partial charge in [0.1, 0.15) is 11.0 Å². The molecule has 4 aromatic carbocycles. The number of primary sulfonamides is 1. The number of amides is 1. The molecule has 1 amide bonds. The van der Waals surface area contributed by atoms with Crippen molar-refractivity contribution in [1.29, 1.82) is 0 Å². The maximum atomic E-state index is 13.4. The second-order valence-electron chi connectivity index (χ2n) is 8.44. The van der Waals surface area contributed by atoms with E-state index in [9.17, 15) is 13.2 Å². The summed E-state index contributed by atoms with van der Waals surface area (Å²) in [5, 5.41) is 11.6. The summed E-state index contributed by atoms with van der Waals surface area (Å²) in [6.07, 6.45) is 0.448. The van der Waals surface area contributed by atoms with Crippen LogP contribution >= 0.6 is 12.2 Å². The number of carbonyl (C=O) groups is 1. The topological polar surface area (TPSA) is 127 Å². The maximum absolute atomic E-state index is 13.4. The summed E-state index contributed by atoms with van der Waals surface area (Å²) in [6.45, 7) is 0. The van der Waals surface area contributed by atoms with Crippen LogP contribution in [0.4, 0.5) is 11.4 Å². The Labute approximate surface area is 221 Å². The van der Waals surface area contributed by atoms with Gasteiger partial charge in [-0.3, -0.25) is 4.79 Å². The van der Waals surface area contributed by atoms with Crippen LogP contribution in [0.15, 0.2) is 108 Å². The third-order valence-electron chi connectivity index (χ3n) is 5.74. The fourth-order valence-corrected chi connectivity index (χ4v) is 4.83. The molecular formula is C28H26N4O3S2. The summed E-state index contributed by atoms with van der Waals surface area (Å²) in [6, 6.07) is 29.9. The van der Waals surface area contributed by atoms with Gasteiger partial charge in [0.15, 0.2) is 0 Å². The van der Waals surface area contributed by atoms with Gasteiger partial charge in [-0.05, 0) is 41.5 Å². The van der Waals surface area contributed by atoms with Crippen LogP contribution in [0.3, 0.4) is 0 Å². The first kappa shape index (κ1) is 26.0. The molecule has 0 radical (unpaired) electrons. The molecule has 0 aliphatic carbocycles. The number of benzene rings is 4. The molecule has 4 rings (SSSR count). The quantitative estimate of drug-likeness (QED) is 0.239. The lowest BCUT2D eigenvalue weighted by Crippen LogP contribution is -2.36. The molecule has 0 heterocycles. The molecule has 4 aromatic rings. The molecule has 0 aliphatic heterocycles. The van der Waals surface area contributed by atoms with E-state index in [1.807, 2.05) is 54.6 Å². The Morgan fingerprint density at radius 1 is 0.838 bits per heavy atom. The number of nitrogens with two attached hydrogens (primary N) is 2. The number of carbonyl (C=O) groups excluding carboxylic acids is 1. The van der Waals surface area contributed by atoms with E-state index in [0.717, 1.165) is 11.3 Å². The van der Waals surface area contributed by atoms with Gasteiger partial charge in [-0.2, -0.15) is 0 Å². The lowest BCUT2D eigenvalue weighted by atomic mass is 10.0. The molecular weight excluding hydrogens is 504 g/mol. The van der Waals surface area contributed by atoms with Crippen molar-refractivity contribution in [3.05, 3.63) is 114 Å². The Balaban J connectivity index is 1.56. The van der Waals surface area contributed by atoms with E-state index >= 15 is 0 Å². The van der Waals surface area contributed by atoms with Gasteiger partial charge in [0.25, 0.3) is 0 Å². The Morgan fingerprint density at radius 3 is 2.19 bits per heavy atom. The van der Waals surface area contributed by atoms with E-state index in [4.69, 9.17) is 23.1 Å². The number of rotatable bonds is 9. The average molecular weight is 531 g/mol. The largest absolute Gasteiger partial charge is 0.389 e. The molecule has 0 fully saturated rings. The summed E-state index contributed by atoms with van der Waals surface area (Å²) >= 11 is 5.08. The number of sulfonamides is 1. The number of hydrogen-bond donors (Lipinski definition) is 4. The highest BCUT2D eigenvalue weighted by Gasteiger charge is 2.20. The highest BCUT2D eigenvalue weighted by molar-refractivity contribution is 7.89. The van der Waals surface area contributed by atoms with E-state index in [2.05, 4.69) is 10.6 Å². The van der Waals surface area contributed by atoms with Gasteiger partial charge in [0.05, 0.1) is 4.90 Å². The van der Waals surface area contributed by atoms with Crippen LogP contribution in [0.2, 0.25) is 0 Å². The van der Waals surface area contributed by atoms with Crippen molar-refractivity contribution in [2.75, 3.05) is 10.6 Å².